The van der Waals surface area contributed by atoms with Crippen molar-refractivity contribution in [1.29, 1.82) is 0 Å². The molecule has 26 heavy (non-hydrogen) atoms. The minimum Gasteiger partial charge on any atom is -0.492 e. The van der Waals surface area contributed by atoms with E-state index in [2.05, 4.69) is 82.6 Å². The van der Waals surface area contributed by atoms with E-state index in [-0.39, 0.29) is 0 Å². The second-order valence-electron chi connectivity index (χ2n) is 6.93. The first-order valence-corrected chi connectivity index (χ1v) is 9.48. The van der Waals surface area contributed by atoms with Crippen LogP contribution in [-0.4, -0.2) is 49.1 Å². The lowest BCUT2D eigenvalue weighted by molar-refractivity contribution is 0.113. The van der Waals surface area contributed by atoms with Crippen molar-refractivity contribution in [2.75, 3.05) is 39.3 Å². The van der Waals surface area contributed by atoms with Crippen molar-refractivity contribution < 1.29 is 4.74 Å². The molecule has 0 amide bonds. The lowest BCUT2D eigenvalue weighted by Crippen LogP contribution is -2.47. The monoisotopic (exact) mass is 346 g/mol. The second kappa shape index (κ2) is 8.35. The highest BCUT2D eigenvalue weighted by Crippen LogP contribution is 2.25. The zero-order chi connectivity index (χ0) is 17.6. The van der Waals surface area contributed by atoms with Gasteiger partial charge in [0.25, 0.3) is 0 Å². The van der Waals surface area contributed by atoms with Crippen LogP contribution in [0.5, 0.6) is 5.75 Å². The molecule has 1 heterocycles. The van der Waals surface area contributed by atoms with Gasteiger partial charge in [0.1, 0.15) is 12.4 Å². The van der Waals surface area contributed by atoms with Crippen LogP contribution in [0.15, 0.2) is 72.8 Å². The SMILES string of the molecule is c1ccc(CN2CCN(CCOc3cccc4ccccc34)CC2)cc1. The van der Waals surface area contributed by atoms with Crippen molar-refractivity contribution >= 4 is 10.8 Å². The van der Waals surface area contributed by atoms with Crippen LogP contribution in [0, 0.1) is 0 Å². The van der Waals surface area contributed by atoms with Crippen LogP contribution in [-0.2, 0) is 6.54 Å². The minimum absolute atomic E-state index is 0.743. The van der Waals surface area contributed by atoms with E-state index in [1.807, 2.05) is 0 Å². The molecule has 1 saturated heterocycles. The fourth-order valence-electron chi connectivity index (χ4n) is 3.62. The highest BCUT2D eigenvalue weighted by atomic mass is 16.5. The van der Waals surface area contributed by atoms with Crippen molar-refractivity contribution in [3.63, 3.8) is 0 Å². The Balaban J connectivity index is 1.24. The van der Waals surface area contributed by atoms with E-state index >= 15 is 0 Å². The van der Waals surface area contributed by atoms with E-state index in [0.717, 1.165) is 51.6 Å². The summed E-state index contributed by atoms with van der Waals surface area (Å²) in [7, 11) is 0. The largest absolute Gasteiger partial charge is 0.492 e. The van der Waals surface area contributed by atoms with Gasteiger partial charge in [0.15, 0.2) is 0 Å². The molecule has 0 radical (unpaired) electrons. The average Bonchev–Trinajstić information content (AvgIpc) is 2.70. The molecule has 1 aliphatic rings. The number of benzene rings is 3. The number of hydrogen-bond acceptors (Lipinski definition) is 3. The van der Waals surface area contributed by atoms with Gasteiger partial charge in [-0.15, -0.1) is 0 Å². The molecule has 1 aliphatic heterocycles. The third-order valence-corrected chi connectivity index (χ3v) is 5.13. The number of piperazine rings is 1. The number of ether oxygens (including phenoxy) is 1. The molecule has 3 nitrogen and oxygen atoms in total. The Hall–Kier alpha value is -2.36. The van der Waals surface area contributed by atoms with Crippen molar-refractivity contribution in [1.82, 2.24) is 9.80 Å². The van der Waals surface area contributed by atoms with E-state index in [9.17, 15) is 0 Å². The van der Waals surface area contributed by atoms with Gasteiger partial charge in [-0.05, 0) is 17.0 Å². The topological polar surface area (TPSA) is 15.7 Å². The molecule has 4 rings (SSSR count). The van der Waals surface area contributed by atoms with Gasteiger partial charge in [0.05, 0.1) is 0 Å². The summed E-state index contributed by atoms with van der Waals surface area (Å²) >= 11 is 0. The summed E-state index contributed by atoms with van der Waals surface area (Å²) in [4.78, 5) is 5.05. The van der Waals surface area contributed by atoms with Crippen molar-refractivity contribution in [3.05, 3.63) is 78.4 Å². The molecule has 0 unspecified atom stereocenters. The minimum atomic E-state index is 0.743. The molecule has 0 spiro atoms. The van der Waals surface area contributed by atoms with E-state index in [4.69, 9.17) is 4.74 Å². The van der Waals surface area contributed by atoms with Crippen LogP contribution in [0.4, 0.5) is 0 Å². The summed E-state index contributed by atoms with van der Waals surface area (Å²) in [5.41, 5.74) is 1.40. The third-order valence-electron chi connectivity index (χ3n) is 5.13. The van der Waals surface area contributed by atoms with Crippen LogP contribution < -0.4 is 4.74 Å². The summed E-state index contributed by atoms with van der Waals surface area (Å²) < 4.78 is 6.09. The maximum atomic E-state index is 6.09. The van der Waals surface area contributed by atoms with Crippen LogP contribution in [0.25, 0.3) is 10.8 Å². The molecular weight excluding hydrogens is 320 g/mol. The Kier molecular flexibility index (Phi) is 5.48. The van der Waals surface area contributed by atoms with Gasteiger partial charge >= 0.3 is 0 Å². The van der Waals surface area contributed by atoms with Crippen molar-refractivity contribution in [3.8, 4) is 5.75 Å². The lowest BCUT2D eigenvalue weighted by atomic mass is 10.1. The van der Waals surface area contributed by atoms with Gasteiger partial charge in [-0.3, -0.25) is 9.80 Å². The maximum Gasteiger partial charge on any atom is 0.127 e. The van der Waals surface area contributed by atoms with Gasteiger partial charge < -0.3 is 4.74 Å². The summed E-state index contributed by atoms with van der Waals surface area (Å²) in [6.07, 6.45) is 0. The zero-order valence-electron chi connectivity index (χ0n) is 15.2. The Morgan fingerprint density at radius 3 is 2.23 bits per heavy atom. The Morgan fingerprint density at radius 1 is 0.692 bits per heavy atom. The lowest BCUT2D eigenvalue weighted by Gasteiger charge is -2.34. The highest BCUT2D eigenvalue weighted by molar-refractivity contribution is 5.88. The molecule has 0 atom stereocenters. The highest BCUT2D eigenvalue weighted by Gasteiger charge is 2.16. The van der Waals surface area contributed by atoms with Gasteiger partial charge in [-0.1, -0.05) is 66.7 Å². The summed E-state index contributed by atoms with van der Waals surface area (Å²) in [5.74, 6) is 0.991. The summed E-state index contributed by atoms with van der Waals surface area (Å²) in [6.45, 7) is 7.28. The fourth-order valence-corrected chi connectivity index (χ4v) is 3.62. The van der Waals surface area contributed by atoms with Gasteiger partial charge in [-0.25, -0.2) is 0 Å². The normalized spacial score (nSPS) is 16.0. The van der Waals surface area contributed by atoms with Crippen LogP contribution in [0.3, 0.4) is 0 Å². The number of rotatable bonds is 6. The van der Waals surface area contributed by atoms with E-state index in [1.54, 1.807) is 0 Å². The Labute approximate surface area is 155 Å². The second-order valence-corrected chi connectivity index (χ2v) is 6.93. The molecule has 3 aromatic carbocycles. The summed E-state index contributed by atoms with van der Waals surface area (Å²) in [5, 5.41) is 2.43. The van der Waals surface area contributed by atoms with Gasteiger partial charge in [0, 0.05) is 44.7 Å². The number of fused-ring (bicyclic) bond motifs is 1. The molecule has 1 fully saturated rings. The smallest absolute Gasteiger partial charge is 0.127 e. The van der Waals surface area contributed by atoms with Crippen LogP contribution in [0.1, 0.15) is 5.56 Å². The Bertz CT molecular complexity index is 820. The average molecular weight is 346 g/mol. The van der Waals surface area contributed by atoms with E-state index < -0.39 is 0 Å². The maximum absolute atomic E-state index is 6.09. The van der Waals surface area contributed by atoms with Crippen LogP contribution >= 0.6 is 0 Å². The van der Waals surface area contributed by atoms with Crippen molar-refractivity contribution in [2.45, 2.75) is 6.54 Å². The molecular formula is C23H26N2O. The van der Waals surface area contributed by atoms with E-state index in [0.29, 0.717) is 0 Å². The predicted molar refractivity (Wildman–Crippen MR) is 108 cm³/mol. The molecule has 3 aromatic rings. The fraction of sp³-hybridized carbons (Fsp3) is 0.304. The molecule has 0 N–H and O–H groups in total. The first kappa shape index (κ1) is 17.1. The Morgan fingerprint density at radius 2 is 1.38 bits per heavy atom. The number of nitrogens with zero attached hydrogens (tertiary/aromatic N) is 2. The predicted octanol–water partition coefficient (Wildman–Crippen LogP) is 4.04. The van der Waals surface area contributed by atoms with Crippen molar-refractivity contribution in [2.24, 2.45) is 0 Å². The van der Waals surface area contributed by atoms with E-state index in [1.165, 1.54) is 16.3 Å². The molecule has 3 heteroatoms. The molecule has 0 saturated carbocycles. The number of hydrogen-bond donors (Lipinski definition) is 0. The quantitative estimate of drug-likeness (QED) is 0.670. The first-order valence-electron chi connectivity index (χ1n) is 9.48. The molecule has 0 aliphatic carbocycles. The zero-order valence-corrected chi connectivity index (χ0v) is 15.2. The van der Waals surface area contributed by atoms with Crippen LogP contribution in [0.2, 0.25) is 0 Å². The first-order chi connectivity index (χ1) is 12.9. The summed E-state index contributed by atoms with van der Waals surface area (Å²) in [6, 6.07) is 25.4. The van der Waals surface area contributed by atoms with Gasteiger partial charge in [-0.2, -0.15) is 0 Å². The van der Waals surface area contributed by atoms with Gasteiger partial charge in [0.2, 0.25) is 0 Å². The standard InChI is InChI=1S/C23H26N2O/c1-2-7-20(8-3-1)19-25-15-13-24(14-16-25)17-18-26-23-12-6-10-21-9-4-5-11-22(21)23/h1-12H,13-19H2. The molecule has 0 bridgehead atoms. The molecule has 0 aromatic heterocycles. The molecule has 134 valence electrons. The third kappa shape index (κ3) is 4.24.